The van der Waals surface area contributed by atoms with Crippen LogP contribution < -0.4 is 5.32 Å². The summed E-state index contributed by atoms with van der Waals surface area (Å²) in [7, 11) is -0.997. The van der Waals surface area contributed by atoms with E-state index in [2.05, 4.69) is 10.4 Å². The molecule has 0 saturated heterocycles. The summed E-state index contributed by atoms with van der Waals surface area (Å²) in [6.45, 7) is 4.04. The van der Waals surface area contributed by atoms with Gasteiger partial charge in [-0.3, -0.25) is 9.00 Å². The molecule has 1 aliphatic heterocycles. The van der Waals surface area contributed by atoms with Gasteiger partial charge in [-0.1, -0.05) is 24.3 Å². The molecule has 144 valence electrons. The summed E-state index contributed by atoms with van der Waals surface area (Å²) in [5, 5.41) is 7.60. The molecule has 1 aliphatic rings. The average Bonchev–Trinajstić information content (AvgIpc) is 3.16. The zero-order valence-electron chi connectivity index (χ0n) is 15.7. The number of aryl methyl sites for hydroxylation is 1. The number of hydrogen-bond acceptors (Lipinski definition) is 3. The molecule has 2 heterocycles. The third-order valence-corrected chi connectivity index (χ3v) is 6.22. The summed E-state index contributed by atoms with van der Waals surface area (Å²) < 4.78 is 26.8. The molecule has 1 N–H and O–H groups in total. The van der Waals surface area contributed by atoms with Crippen LogP contribution in [0, 0.1) is 19.7 Å². The van der Waals surface area contributed by atoms with Gasteiger partial charge in [0.1, 0.15) is 11.6 Å². The molecule has 0 unspecified atom stereocenters. The van der Waals surface area contributed by atoms with Crippen LogP contribution in [0.1, 0.15) is 27.9 Å². The lowest BCUT2D eigenvalue weighted by atomic mass is 10.1. The largest absolute Gasteiger partial charge is 0.310 e. The van der Waals surface area contributed by atoms with E-state index >= 15 is 0 Å². The highest BCUT2D eigenvalue weighted by Crippen LogP contribution is 2.32. The first kappa shape index (κ1) is 18.6. The van der Waals surface area contributed by atoms with Gasteiger partial charge in [0.2, 0.25) is 5.91 Å². The van der Waals surface area contributed by atoms with E-state index in [-0.39, 0.29) is 18.1 Å². The number of rotatable bonds is 4. The van der Waals surface area contributed by atoms with Crippen LogP contribution in [-0.4, -0.2) is 19.9 Å². The van der Waals surface area contributed by atoms with E-state index in [1.807, 2.05) is 32.0 Å². The minimum atomic E-state index is -0.997. The van der Waals surface area contributed by atoms with Crippen molar-refractivity contribution in [1.29, 1.82) is 0 Å². The predicted octanol–water partition coefficient (Wildman–Crippen LogP) is 3.57. The Hall–Kier alpha value is -2.80. The van der Waals surface area contributed by atoms with Gasteiger partial charge in [0.25, 0.3) is 0 Å². The van der Waals surface area contributed by atoms with Crippen molar-refractivity contribution >= 4 is 22.5 Å². The maximum absolute atomic E-state index is 13.1. The van der Waals surface area contributed by atoms with Gasteiger partial charge in [-0.25, -0.2) is 9.07 Å². The minimum absolute atomic E-state index is 0.121. The van der Waals surface area contributed by atoms with Crippen molar-refractivity contribution < 1.29 is 13.4 Å². The van der Waals surface area contributed by atoms with Crippen molar-refractivity contribution in [1.82, 2.24) is 9.78 Å². The van der Waals surface area contributed by atoms with Crippen LogP contribution in [-0.2, 0) is 33.5 Å². The second-order valence-corrected chi connectivity index (χ2v) is 8.44. The summed E-state index contributed by atoms with van der Waals surface area (Å²) in [6.07, 6.45) is 0.121. The molecule has 0 spiro atoms. The van der Waals surface area contributed by atoms with Gasteiger partial charge in [-0.15, -0.1) is 0 Å². The lowest BCUT2D eigenvalue weighted by Crippen LogP contribution is -2.18. The summed E-state index contributed by atoms with van der Waals surface area (Å²) in [6, 6.07) is 11.8. The lowest BCUT2D eigenvalue weighted by Gasteiger charge is -2.14. The highest BCUT2D eigenvalue weighted by Gasteiger charge is 2.28. The van der Waals surface area contributed by atoms with Crippen molar-refractivity contribution in [3.05, 3.63) is 76.2 Å². The van der Waals surface area contributed by atoms with E-state index in [1.165, 1.54) is 12.1 Å². The molecule has 0 aliphatic carbocycles. The van der Waals surface area contributed by atoms with Crippen LogP contribution in [0.5, 0.6) is 0 Å². The number of anilines is 1. The maximum atomic E-state index is 13.1. The first-order valence-electron chi connectivity index (χ1n) is 8.99. The molecule has 0 bridgehead atoms. The molecule has 5 nitrogen and oxygen atoms in total. The lowest BCUT2D eigenvalue weighted by molar-refractivity contribution is -0.115. The van der Waals surface area contributed by atoms with Gasteiger partial charge in [0, 0.05) is 16.4 Å². The Kier molecular flexibility index (Phi) is 4.85. The number of halogens is 1. The average molecular weight is 397 g/mol. The molecular formula is C21H20FN3O2S. The predicted molar refractivity (Wildman–Crippen MR) is 107 cm³/mol. The number of aromatic nitrogens is 2. The molecule has 7 heteroatoms. The number of benzene rings is 2. The van der Waals surface area contributed by atoms with Crippen molar-refractivity contribution in [2.24, 2.45) is 0 Å². The third-order valence-electron chi connectivity index (χ3n) is 5.01. The van der Waals surface area contributed by atoms with Gasteiger partial charge in [0.15, 0.2) is 0 Å². The number of carbonyl (C=O) groups is 1. The molecule has 3 aromatic rings. The highest BCUT2D eigenvalue weighted by atomic mass is 32.2. The van der Waals surface area contributed by atoms with Crippen LogP contribution in [0.25, 0.3) is 5.69 Å². The van der Waals surface area contributed by atoms with Crippen LogP contribution in [0.15, 0.2) is 42.5 Å². The zero-order chi connectivity index (χ0) is 19.8. The highest BCUT2D eigenvalue weighted by molar-refractivity contribution is 7.83. The third kappa shape index (κ3) is 3.49. The first-order chi connectivity index (χ1) is 13.4. The molecule has 28 heavy (non-hydrogen) atoms. The summed E-state index contributed by atoms with van der Waals surface area (Å²) in [5.74, 6) is 0.790. The molecule has 0 saturated carbocycles. The van der Waals surface area contributed by atoms with Crippen LogP contribution in [0.4, 0.5) is 10.2 Å². The number of amides is 1. The van der Waals surface area contributed by atoms with Crippen molar-refractivity contribution in [2.75, 3.05) is 5.32 Å². The van der Waals surface area contributed by atoms with Crippen LogP contribution in [0.2, 0.25) is 0 Å². The van der Waals surface area contributed by atoms with E-state index in [4.69, 9.17) is 0 Å². The topological polar surface area (TPSA) is 64.0 Å². The monoisotopic (exact) mass is 397 g/mol. The molecule has 1 aromatic heterocycles. The quantitative estimate of drug-likeness (QED) is 0.732. The second kappa shape index (κ2) is 7.31. The Labute approximate surface area is 165 Å². The van der Waals surface area contributed by atoms with Crippen molar-refractivity contribution in [3.8, 4) is 5.69 Å². The second-order valence-electron chi connectivity index (χ2n) is 6.98. The smallest absolute Gasteiger partial charge is 0.229 e. The SMILES string of the molecule is Cc1cccc(-n2nc3c(c2NC(=O)Cc2ccc(F)cc2)C[S@@](=O)C3)c1C. The van der Waals surface area contributed by atoms with E-state index in [0.29, 0.717) is 17.3 Å². The van der Waals surface area contributed by atoms with Crippen LogP contribution in [0.3, 0.4) is 0 Å². The number of nitrogens with one attached hydrogen (secondary N) is 1. The summed E-state index contributed by atoms with van der Waals surface area (Å²) in [5.41, 5.74) is 5.39. The minimum Gasteiger partial charge on any atom is -0.310 e. The Morgan fingerprint density at radius 1 is 1.18 bits per heavy atom. The van der Waals surface area contributed by atoms with Gasteiger partial charge in [-0.05, 0) is 48.7 Å². The van der Waals surface area contributed by atoms with Crippen molar-refractivity contribution in [2.45, 2.75) is 31.8 Å². The van der Waals surface area contributed by atoms with E-state index in [0.717, 1.165) is 33.6 Å². The van der Waals surface area contributed by atoms with Gasteiger partial charge < -0.3 is 5.32 Å². The molecule has 2 aromatic carbocycles. The molecule has 1 atom stereocenters. The maximum Gasteiger partial charge on any atom is 0.229 e. The standard InChI is InChI=1S/C21H20FN3O2S/c1-13-4-3-5-19(14(13)2)25-21(17-11-28(27)12-18(17)24-25)23-20(26)10-15-6-8-16(22)9-7-15/h3-9H,10-12H2,1-2H3,(H,23,26)/t28-/m1/s1. The number of fused-ring (bicyclic) bond motifs is 1. The molecule has 4 rings (SSSR count). The molecule has 1 amide bonds. The zero-order valence-corrected chi connectivity index (χ0v) is 16.5. The fourth-order valence-corrected chi connectivity index (χ4v) is 4.62. The number of hydrogen-bond donors (Lipinski definition) is 1. The van der Waals surface area contributed by atoms with E-state index in [1.54, 1.807) is 16.8 Å². The molecule has 0 radical (unpaired) electrons. The fourth-order valence-electron chi connectivity index (χ4n) is 3.36. The summed E-state index contributed by atoms with van der Waals surface area (Å²) >= 11 is 0. The van der Waals surface area contributed by atoms with E-state index < -0.39 is 10.8 Å². The van der Waals surface area contributed by atoms with Gasteiger partial charge in [-0.2, -0.15) is 5.10 Å². The summed E-state index contributed by atoms with van der Waals surface area (Å²) in [4.78, 5) is 12.7. The Morgan fingerprint density at radius 2 is 1.93 bits per heavy atom. The van der Waals surface area contributed by atoms with Gasteiger partial charge in [0.05, 0.1) is 29.3 Å². The first-order valence-corrected chi connectivity index (χ1v) is 10.5. The Balaban J connectivity index is 1.69. The normalized spacial score (nSPS) is 15.5. The Bertz CT molecular complexity index is 1090. The fraction of sp³-hybridized carbons (Fsp3) is 0.238. The van der Waals surface area contributed by atoms with Crippen molar-refractivity contribution in [3.63, 3.8) is 0 Å². The number of carbonyl (C=O) groups excluding carboxylic acids is 1. The number of nitrogens with zero attached hydrogens (tertiary/aromatic N) is 2. The Morgan fingerprint density at radius 3 is 2.68 bits per heavy atom. The molecule has 0 fully saturated rings. The van der Waals surface area contributed by atoms with E-state index in [9.17, 15) is 13.4 Å². The molecular weight excluding hydrogens is 377 g/mol. The van der Waals surface area contributed by atoms with Gasteiger partial charge >= 0.3 is 0 Å². The van der Waals surface area contributed by atoms with Crippen LogP contribution >= 0.6 is 0 Å².